The summed E-state index contributed by atoms with van der Waals surface area (Å²) in [4.78, 5) is 4.23. The van der Waals surface area contributed by atoms with Crippen LogP contribution in [0.15, 0.2) is 4.99 Å². The van der Waals surface area contributed by atoms with E-state index in [4.69, 9.17) is 9.47 Å². The van der Waals surface area contributed by atoms with Crippen molar-refractivity contribution >= 4 is 17.7 Å². The van der Waals surface area contributed by atoms with E-state index in [0.717, 1.165) is 58.1 Å². The number of hydrogen-bond donors (Lipinski definition) is 2. The summed E-state index contributed by atoms with van der Waals surface area (Å²) in [6.07, 6.45) is 8.06. The minimum absolute atomic E-state index is 0.396. The average molecular weight is 317 g/mol. The van der Waals surface area contributed by atoms with Crippen LogP contribution in [0.5, 0.6) is 0 Å². The molecule has 1 rings (SSSR count). The Morgan fingerprint density at radius 3 is 2.57 bits per heavy atom. The van der Waals surface area contributed by atoms with E-state index >= 15 is 0 Å². The van der Waals surface area contributed by atoms with Crippen LogP contribution in [-0.4, -0.2) is 64.0 Å². The molecule has 0 aromatic rings. The molecule has 21 heavy (non-hydrogen) atoms. The van der Waals surface area contributed by atoms with Crippen molar-refractivity contribution in [2.75, 3.05) is 52.0 Å². The van der Waals surface area contributed by atoms with E-state index in [1.807, 2.05) is 18.8 Å². The number of ether oxygens (including phenoxy) is 2. The molecule has 2 N–H and O–H groups in total. The van der Waals surface area contributed by atoms with Crippen LogP contribution >= 0.6 is 11.8 Å². The van der Waals surface area contributed by atoms with E-state index in [2.05, 4.69) is 21.9 Å². The van der Waals surface area contributed by atoms with Gasteiger partial charge in [0.2, 0.25) is 0 Å². The van der Waals surface area contributed by atoms with Gasteiger partial charge in [-0.1, -0.05) is 0 Å². The third-order valence-corrected chi connectivity index (χ3v) is 4.12. The predicted molar refractivity (Wildman–Crippen MR) is 91.4 cm³/mol. The lowest BCUT2D eigenvalue weighted by atomic mass is 10.1. The maximum absolute atomic E-state index is 5.84. The minimum atomic E-state index is 0.396. The molecule has 0 unspecified atom stereocenters. The first kappa shape index (κ1) is 18.6. The lowest BCUT2D eigenvalue weighted by Crippen LogP contribution is -2.38. The average Bonchev–Trinajstić information content (AvgIpc) is 2.53. The number of unbranched alkanes of at least 4 members (excludes halogenated alkanes) is 1. The molecule has 0 bridgehead atoms. The van der Waals surface area contributed by atoms with Crippen LogP contribution in [0.4, 0.5) is 0 Å². The molecule has 0 radical (unpaired) electrons. The molecule has 0 aliphatic carbocycles. The Bertz CT molecular complexity index is 272. The highest BCUT2D eigenvalue weighted by Gasteiger charge is 2.13. The summed E-state index contributed by atoms with van der Waals surface area (Å²) in [6.45, 7) is 4.38. The van der Waals surface area contributed by atoms with Gasteiger partial charge in [0.15, 0.2) is 5.96 Å². The van der Waals surface area contributed by atoms with E-state index < -0.39 is 0 Å². The zero-order valence-electron chi connectivity index (χ0n) is 13.5. The van der Waals surface area contributed by atoms with Gasteiger partial charge in [-0.15, -0.1) is 0 Å². The van der Waals surface area contributed by atoms with Crippen LogP contribution in [0, 0.1) is 0 Å². The summed E-state index contributed by atoms with van der Waals surface area (Å²) in [5.74, 6) is 2.13. The van der Waals surface area contributed by atoms with Crippen molar-refractivity contribution in [3.63, 3.8) is 0 Å². The molecule has 5 nitrogen and oxygen atoms in total. The van der Waals surface area contributed by atoms with Crippen molar-refractivity contribution in [1.29, 1.82) is 0 Å². The smallest absolute Gasteiger partial charge is 0.190 e. The number of rotatable bonds is 10. The minimum Gasteiger partial charge on any atom is -0.381 e. The fourth-order valence-corrected chi connectivity index (χ4v) is 2.66. The molecule has 1 heterocycles. The second-order valence-electron chi connectivity index (χ2n) is 5.16. The molecular weight excluding hydrogens is 286 g/mol. The standard InChI is InChI=1S/C15H31N3O2S/c1-16-15(17-8-3-4-13-21-2)18-9-5-10-20-14-6-11-19-12-7-14/h14H,3-13H2,1-2H3,(H2,16,17,18). The van der Waals surface area contributed by atoms with E-state index in [1.165, 1.54) is 18.6 Å². The molecule has 0 aromatic carbocycles. The van der Waals surface area contributed by atoms with Gasteiger partial charge in [-0.2, -0.15) is 11.8 Å². The molecule has 6 heteroatoms. The zero-order chi connectivity index (χ0) is 15.2. The van der Waals surface area contributed by atoms with Crippen LogP contribution in [0.2, 0.25) is 0 Å². The number of thioether (sulfide) groups is 1. The monoisotopic (exact) mass is 317 g/mol. The van der Waals surface area contributed by atoms with E-state index in [1.54, 1.807) is 0 Å². The van der Waals surface area contributed by atoms with Crippen LogP contribution in [0.1, 0.15) is 32.1 Å². The Kier molecular flexibility index (Phi) is 11.7. The predicted octanol–water partition coefficient (Wildman–Crippen LogP) is 1.88. The Morgan fingerprint density at radius 2 is 1.90 bits per heavy atom. The van der Waals surface area contributed by atoms with Crippen molar-refractivity contribution in [2.45, 2.75) is 38.2 Å². The molecule has 1 fully saturated rings. The van der Waals surface area contributed by atoms with Gasteiger partial charge in [0, 0.05) is 40.0 Å². The second kappa shape index (κ2) is 13.2. The van der Waals surface area contributed by atoms with Gasteiger partial charge < -0.3 is 20.1 Å². The first-order chi connectivity index (χ1) is 10.4. The molecule has 1 aliphatic heterocycles. The fraction of sp³-hybridized carbons (Fsp3) is 0.933. The van der Waals surface area contributed by atoms with Gasteiger partial charge in [0.25, 0.3) is 0 Å². The van der Waals surface area contributed by atoms with E-state index in [9.17, 15) is 0 Å². The first-order valence-corrected chi connectivity index (χ1v) is 9.39. The quantitative estimate of drug-likeness (QED) is 0.366. The summed E-state index contributed by atoms with van der Waals surface area (Å²) in [5, 5.41) is 6.67. The summed E-state index contributed by atoms with van der Waals surface area (Å²) >= 11 is 1.90. The van der Waals surface area contributed by atoms with Crippen LogP contribution < -0.4 is 10.6 Å². The second-order valence-corrected chi connectivity index (χ2v) is 6.15. The number of nitrogens with zero attached hydrogens (tertiary/aromatic N) is 1. The van der Waals surface area contributed by atoms with E-state index in [0.29, 0.717) is 6.10 Å². The summed E-state index contributed by atoms with van der Waals surface area (Å²) < 4.78 is 11.2. The summed E-state index contributed by atoms with van der Waals surface area (Å²) in [6, 6.07) is 0. The van der Waals surface area contributed by atoms with Crippen molar-refractivity contribution < 1.29 is 9.47 Å². The van der Waals surface area contributed by atoms with Crippen molar-refractivity contribution in [3.05, 3.63) is 0 Å². The molecular formula is C15H31N3O2S. The van der Waals surface area contributed by atoms with Gasteiger partial charge in [-0.3, -0.25) is 4.99 Å². The molecule has 1 saturated heterocycles. The third kappa shape index (κ3) is 9.98. The molecule has 0 atom stereocenters. The molecule has 124 valence electrons. The maximum Gasteiger partial charge on any atom is 0.190 e. The molecule has 1 aliphatic rings. The molecule has 0 spiro atoms. The molecule has 0 amide bonds. The molecule has 0 aromatic heterocycles. The Labute approximate surface area is 133 Å². The van der Waals surface area contributed by atoms with Gasteiger partial charge >= 0.3 is 0 Å². The van der Waals surface area contributed by atoms with Gasteiger partial charge in [0.1, 0.15) is 0 Å². The van der Waals surface area contributed by atoms with Crippen molar-refractivity contribution in [1.82, 2.24) is 10.6 Å². The van der Waals surface area contributed by atoms with Crippen LogP contribution in [0.3, 0.4) is 0 Å². The van der Waals surface area contributed by atoms with Gasteiger partial charge in [-0.25, -0.2) is 0 Å². The summed E-state index contributed by atoms with van der Waals surface area (Å²) in [5.41, 5.74) is 0. The van der Waals surface area contributed by atoms with Crippen molar-refractivity contribution in [3.8, 4) is 0 Å². The lowest BCUT2D eigenvalue weighted by molar-refractivity contribution is -0.0320. The summed E-state index contributed by atoms with van der Waals surface area (Å²) in [7, 11) is 1.82. The topological polar surface area (TPSA) is 54.9 Å². The Morgan fingerprint density at radius 1 is 1.19 bits per heavy atom. The SMILES string of the molecule is CN=C(NCCCCSC)NCCCOC1CCOCC1. The highest BCUT2D eigenvalue weighted by Crippen LogP contribution is 2.10. The zero-order valence-corrected chi connectivity index (χ0v) is 14.3. The third-order valence-electron chi connectivity index (χ3n) is 3.43. The number of guanidine groups is 1. The van der Waals surface area contributed by atoms with Crippen LogP contribution in [-0.2, 0) is 9.47 Å². The van der Waals surface area contributed by atoms with Crippen molar-refractivity contribution in [2.24, 2.45) is 4.99 Å². The lowest BCUT2D eigenvalue weighted by Gasteiger charge is -2.22. The normalized spacial score (nSPS) is 17.0. The number of aliphatic imine (C=N–C) groups is 1. The first-order valence-electron chi connectivity index (χ1n) is 7.99. The van der Waals surface area contributed by atoms with Crippen LogP contribution in [0.25, 0.3) is 0 Å². The number of hydrogen-bond acceptors (Lipinski definition) is 4. The fourth-order valence-electron chi connectivity index (χ4n) is 2.17. The van der Waals surface area contributed by atoms with Gasteiger partial charge in [-0.05, 0) is 44.1 Å². The Hall–Kier alpha value is -0.460. The van der Waals surface area contributed by atoms with Gasteiger partial charge in [0.05, 0.1) is 6.10 Å². The maximum atomic E-state index is 5.84. The Balaban J connectivity index is 1.94. The van der Waals surface area contributed by atoms with E-state index in [-0.39, 0.29) is 0 Å². The molecule has 0 saturated carbocycles. The highest BCUT2D eigenvalue weighted by molar-refractivity contribution is 7.98. The largest absolute Gasteiger partial charge is 0.381 e. The number of nitrogens with one attached hydrogen (secondary N) is 2. The highest BCUT2D eigenvalue weighted by atomic mass is 32.2.